The van der Waals surface area contributed by atoms with Crippen LogP contribution in [0.3, 0.4) is 0 Å². The van der Waals surface area contributed by atoms with Crippen molar-refractivity contribution in [3.63, 3.8) is 0 Å². The van der Waals surface area contributed by atoms with E-state index in [4.69, 9.17) is 0 Å². The molecular formula is C17H21F2N5. The number of rotatable bonds is 5. The van der Waals surface area contributed by atoms with Gasteiger partial charge >= 0.3 is 0 Å². The molecular weight excluding hydrogens is 312 g/mol. The van der Waals surface area contributed by atoms with Crippen molar-refractivity contribution in [2.75, 3.05) is 20.1 Å². The highest BCUT2D eigenvalue weighted by Gasteiger charge is 2.29. The van der Waals surface area contributed by atoms with Gasteiger partial charge in [-0.15, -0.1) is 0 Å². The molecule has 2 aromatic rings. The number of hydrogen-bond acceptors (Lipinski definition) is 4. The van der Waals surface area contributed by atoms with E-state index in [2.05, 4.69) is 10.1 Å². The molecule has 24 heavy (non-hydrogen) atoms. The van der Waals surface area contributed by atoms with Crippen molar-refractivity contribution in [1.29, 1.82) is 0 Å². The molecule has 0 spiro atoms. The fraction of sp³-hybridized carbons (Fsp3) is 0.412. The molecule has 1 aromatic heterocycles. The van der Waals surface area contributed by atoms with Crippen LogP contribution in [0.2, 0.25) is 0 Å². The molecule has 1 aliphatic rings. The minimum absolute atomic E-state index is 0.00155. The SMILES string of the molecule is C[C@H]1CN=C(N(C)Cc2ccn(-c3ccccc3)n2)N1CC(F)F. The lowest BCUT2D eigenvalue weighted by Crippen LogP contribution is -2.45. The highest BCUT2D eigenvalue weighted by Crippen LogP contribution is 2.16. The molecule has 3 rings (SSSR count). The van der Waals surface area contributed by atoms with Crippen LogP contribution in [0.4, 0.5) is 8.78 Å². The van der Waals surface area contributed by atoms with Gasteiger partial charge in [-0.25, -0.2) is 13.5 Å². The summed E-state index contributed by atoms with van der Waals surface area (Å²) in [4.78, 5) is 7.96. The zero-order valence-corrected chi connectivity index (χ0v) is 13.8. The Labute approximate surface area is 140 Å². The number of aromatic nitrogens is 2. The van der Waals surface area contributed by atoms with Crippen LogP contribution in [0.15, 0.2) is 47.6 Å². The number of nitrogens with zero attached hydrogens (tertiary/aromatic N) is 5. The molecule has 0 saturated heterocycles. The predicted molar refractivity (Wildman–Crippen MR) is 89.5 cm³/mol. The molecule has 2 heterocycles. The Kier molecular flexibility index (Phi) is 4.78. The maximum absolute atomic E-state index is 12.8. The summed E-state index contributed by atoms with van der Waals surface area (Å²) in [6.45, 7) is 2.69. The topological polar surface area (TPSA) is 36.7 Å². The monoisotopic (exact) mass is 333 g/mol. The maximum Gasteiger partial charge on any atom is 0.255 e. The summed E-state index contributed by atoms with van der Waals surface area (Å²) in [5.41, 5.74) is 1.85. The fourth-order valence-corrected chi connectivity index (χ4v) is 2.83. The minimum Gasteiger partial charge on any atom is -0.340 e. The third-order valence-corrected chi connectivity index (χ3v) is 4.03. The van der Waals surface area contributed by atoms with Gasteiger partial charge in [-0.3, -0.25) is 4.99 Å². The van der Waals surface area contributed by atoms with E-state index in [1.807, 2.05) is 61.5 Å². The zero-order chi connectivity index (χ0) is 17.1. The first kappa shape index (κ1) is 16.4. The Morgan fingerprint density at radius 1 is 1.25 bits per heavy atom. The second-order valence-corrected chi connectivity index (χ2v) is 5.98. The van der Waals surface area contributed by atoms with Gasteiger partial charge in [0.25, 0.3) is 6.43 Å². The van der Waals surface area contributed by atoms with E-state index < -0.39 is 6.43 Å². The van der Waals surface area contributed by atoms with Crippen molar-refractivity contribution in [1.82, 2.24) is 19.6 Å². The molecule has 1 atom stereocenters. The van der Waals surface area contributed by atoms with Crippen molar-refractivity contribution < 1.29 is 8.78 Å². The highest BCUT2D eigenvalue weighted by atomic mass is 19.3. The average Bonchev–Trinajstić information content (AvgIpc) is 3.16. The van der Waals surface area contributed by atoms with E-state index in [9.17, 15) is 8.78 Å². The van der Waals surface area contributed by atoms with Crippen molar-refractivity contribution in [3.05, 3.63) is 48.3 Å². The summed E-state index contributed by atoms with van der Waals surface area (Å²) in [5.74, 6) is 0.608. The molecule has 1 aliphatic heterocycles. The van der Waals surface area contributed by atoms with Gasteiger partial charge in [0.05, 0.1) is 31.0 Å². The fourth-order valence-electron chi connectivity index (χ4n) is 2.83. The van der Waals surface area contributed by atoms with E-state index in [-0.39, 0.29) is 12.6 Å². The molecule has 0 N–H and O–H groups in total. The van der Waals surface area contributed by atoms with Gasteiger partial charge in [0.2, 0.25) is 0 Å². The normalized spacial score (nSPS) is 17.5. The van der Waals surface area contributed by atoms with Gasteiger partial charge in [-0.1, -0.05) is 18.2 Å². The largest absolute Gasteiger partial charge is 0.340 e. The lowest BCUT2D eigenvalue weighted by atomic mass is 10.3. The molecule has 0 amide bonds. The van der Waals surface area contributed by atoms with Crippen molar-refractivity contribution in [2.45, 2.75) is 25.9 Å². The standard InChI is InChI=1S/C17H21F2N5/c1-13-10-20-17(23(13)12-16(18)19)22(2)11-14-8-9-24(21-14)15-6-4-3-5-7-15/h3-9,13,16H,10-12H2,1-2H3/t13-/m0/s1. The van der Waals surface area contributed by atoms with E-state index in [1.54, 1.807) is 9.58 Å². The predicted octanol–water partition coefficient (Wildman–Crippen LogP) is 2.63. The maximum atomic E-state index is 12.8. The van der Waals surface area contributed by atoms with E-state index in [0.717, 1.165) is 11.4 Å². The highest BCUT2D eigenvalue weighted by molar-refractivity contribution is 5.81. The zero-order valence-electron chi connectivity index (χ0n) is 13.8. The molecule has 1 aromatic carbocycles. The molecule has 0 aliphatic carbocycles. The Hall–Kier alpha value is -2.44. The molecule has 128 valence electrons. The molecule has 5 nitrogen and oxygen atoms in total. The number of benzene rings is 1. The number of aliphatic imine (C=N–C) groups is 1. The number of alkyl halides is 2. The van der Waals surface area contributed by atoms with Gasteiger partial charge in [-0.05, 0) is 25.1 Å². The Morgan fingerprint density at radius 3 is 2.71 bits per heavy atom. The summed E-state index contributed by atoms with van der Waals surface area (Å²) in [7, 11) is 1.86. The van der Waals surface area contributed by atoms with Crippen LogP contribution in [-0.4, -0.2) is 58.1 Å². The Morgan fingerprint density at radius 2 is 2.00 bits per heavy atom. The van der Waals surface area contributed by atoms with E-state index in [0.29, 0.717) is 19.0 Å². The molecule has 7 heteroatoms. The second-order valence-electron chi connectivity index (χ2n) is 5.98. The van der Waals surface area contributed by atoms with Crippen LogP contribution in [0.25, 0.3) is 5.69 Å². The average molecular weight is 333 g/mol. The summed E-state index contributed by atoms with van der Waals surface area (Å²) in [6.07, 6.45) is -0.476. The molecule has 0 radical (unpaired) electrons. The quantitative estimate of drug-likeness (QED) is 0.844. The number of hydrogen-bond donors (Lipinski definition) is 0. The van der Waals surface area contributed by atoms with Crippen LogP contribution in [-0.2, 0) is 6.54 Å². The van der Waals surface area contributed by atoms with Crippen LogP contribution >= 0.6 is 0 Å². The van der Waals surface area contributed by atoms with E-state index >= 15 is 0 Å². The minimum atomic E-state index is -2.37. The smallest absolute Gasteiger partial charge is 0.255 e. The summed E-state index contributed by atoms with van der Waals surface area (Å²) >= 11 is 0. The van der Waals surface area contributed by atoms with Crippen LogP contribution < -0.4 is 0 Å². The number of para-hydroxylation sites is 1. The first-order valence-corrected chi connectivity index (χ1v) is 7.95. The first-order valence-electron chi connectivity index (χ1n) is 7.95. The van der Waals surface area contributed by atoms with Gasteiger partial charge in [0.15, 0.2) is 5.96 Å². The van der Waals surface area contributed by atoms with Crippen molar-refractivity contribution in [2.24, 2.45) is 4.99 Å². The third kappa shape index (κ3) is 3.55. The lowest BCUT2D eigenvalue weighted by molar-refractivity contribution is 0.104. The lowest BCUT2D eigenvalue weighted by Gasteiger charge is -2.30. The van der Waals surface area contributed by atoms with Crippen molar-refractivity contribution >= 4 is 5.96 Å². The summed E-state index contributed by atoms with van der Waals surface area (Å²) < 4.78 is 27.4. The molecule has 0 unspecified atom stereocenters. The summed E-state index contributed by atoms with van der Waals surface area (Å²) in [5, 5.41) is 4.55. The second kappa shape index (κ2) is 6.98. The Balaban J connectivity index is 1.69. The molecule has 0 bridgehead atoms. The molecule has 0 fully saturated rings. The number of halogens is 2. The first-order chi connectivity index (χ1) is 11.5. The van der Waals surface area contributed by atoms with Crippen molar-refractivity contribution in [3.8, 4) is 5.69 Å². The summed E-state index contributed by atoms with van der Waals surface area (Å²) in [6, 6.07) is 11.8. The van der Waals surface area contributed by atoms with Crippen LogP contribution in [0.5, 0.6) is 0 Å². The van der Waals surface area contributed by atoms with Gasteiger partial charge in [0, 0.05) is 19.3 Å². The Bertz CT molecular complexity index is 698. The van der Waals surface area contributed by atoms with E-state index in [1.165, 1.54) is 0 Å². The van der Waals surface area contributed by atoms with Crippen LogP contribution in [0.1, 0.15) is 12.6 Å². The van der Waals surface area contributed by atoms with Gasteiger partial charge in [0.1, 0.15) is 0 Å². The molecule has 0 saturated carbocycles. The van der Waals surface area contributed by atoms with Crippen LogP contribution in [0, 0.1) is 0 Å². The van der Waals surface area contributed by atoms with Gasteiger partial charge in [-0.2, -0.15) is 5.10 Å². The van der Waals surface area contributed by atoms with Gasteiger partial charge < -0.3 is 9.80 Å². The third-order valence-electron chi connectivity index (χ3n) is 4.03. The number of guanidine groups is 1.